The van der Waals surface area contributed by atoms with E-state index < -0.39 is 5.97 Å². The topological polar surface area (TPSA) is 80.5 Å². The van der Waals surface area contributed by atoms with Gasteiger partial charge in [0.1, 0.15) is 11.4 Å². The number of rotatable bonds is 5. The number of allylic oxidation sites excluding steroid dienone is 1. The molecule has 0 bridgehead atoms. The van der Waals surface area contributed by atoms with Crippen LogP contribution in [-0.4, -0.2) is 76.6 Å². The van der Waals surface area contributed by atoms with Crippen LogP contribution in [0.3, 0.4) is 0 Å². The molecule has 0 amide bonds. The van der Waals surface area contributed by atoms with Crippen molar-refractivity contribution in [1.29, 1.82) is 0 Å². The van der Waals surface area contributed by atoms with Crippen molar-refractivity contribution in [2.75, 3.05) is 39.3 Å². The van der Waals surface area contributed by atoms with Crippen LogP contribution in [0, 0.1) is 0 Å². The van der Waals surface area contributed by atoms with Crippen molar-refractivity contribution in [3.63, 3.8) is 0 Å². The largest absolute Gasteiger partial charge is 0.478 e. The molecule has 0 spiro atoms. The predicted octanol–water partition coefficient (Wildman–Crippen LogP) is 0.965. The number of carboxylic acids is 1. The smallest absolute Gasteiger partial charge is 0.335 e. The Kier molecular flexibility index (Phi) is 4.50. The van der Waals surface area contributed by atoms with Gasteiger partial charge in [-0.15, -0.1) is 0 Å². The number of benzene rings is 1. The van der Waals surface area contributed by atoms with E-state index in [1.807, 2.05) is 20.8 Å². The number of Topliss-reactive ketones (excluding diaryl/α,β-unsaturated/α-hetero) is 1. The second-order valence-corrected chi connectivity index (χ2v) is 7.03. The summed E-state index contributed by atoms with van der Waals surface area (Å²) in [5.41, 5.74) is 2.67. The molecule has 1 aromatic carbocycles. The van der Waals surface area contributed by atoms with Gasteiger partial charge in [0, 0.05) is 45.3 Å². The van der Waals surface area contributed by atoms with Crippen LogP contribution in [0.4, 0.5) is 0 Å². The third-order valence-corrected chi connectivity index (χ3v) is 4.87. The van der Waals surface area contributed by atoms with Crippen LogP contribution in [0.5, 0.6) is 0 Å². The normalized spacial score (nSPS) is 19.7. The highest BCUT2D eigenvalue weighted by molar-refractivity contribution is 6.22. The SMILES string of the molecule is C=C(C(=O)O)c1ccccc1.O=C1C=C(N2CC2)C(=O)C(N2CC2)=C1N1CC1. The van der Waals surface area contributed by atoms with Crippen molar-refractivity contribution in [2.24, 2.45) is 0 Å². The molecule has 3 saturated heterocycles. The fourth-order valence-electron chi connectivity index (χ4n) is 3.04. The molecule has 1 aliphatic carbocycles. The van der Waals surface area contributed by atoms with Crippen molar-refractivity contribution in [2.45, 2.75) is 0 Å². The van der Waals surface area contributed by atoms with E-state index in [0.717, 1.165) is 39.3 Å². The van der Waals surface area contributed by atoms with Gasteiger partial charge in [0.25, 0.3) is 0 Å². The van der Waals surface area contributed by atoms with Crippen molar-refractivity contribution in [3.8, 4) is 0 Å². The van der Waals surface area contributed by atoms with Crippen LogP contribution < -0.4 is 0 Å². The van der Waals surface area contributed by atoms with Gasteiger partial charge in [-0.05, 0) is 5.56 Å². The Balaban J connectivity index is 0.000000153. The van der Waals surface area contributed by atoms with Crippen molar-refractivity contribution in [3.05, 3.63) is 65.6 Å². The maximum Gasteiger partial charge on any atom is 0.335 e. The van der Waals surface area contributed by atoms with Gasteiger partial charge in [0.05, 0.1) is 11.3 Å². The summed E-state index contributed by atoms with van der Waals surface area (Å²) in [5, 5.41) is 8.54. The van der Waals surface area contributed by atoms with Crippen LogP contribution in [0.1, 0.15) is 5.56 Å². The Morgan fingerprint density at radius 3 is 1.89 bits per heavy atom. The lowest BCUT2D eigenvalue weighted by atomic mass is 10.0. The zero-order chi connectivity index (χ0) is 19.8. The lowest BCUT2D eigenvalue weighted by Gasteiger charge is -2.21. The van der Waals surface area contributed by atoms with E-state index in [1.165, 1.54) is 6.08 Å². The van der Waals surface area contributed by atoms with E-state index in [2.05, 4.69) is 6.58 Å². The number of carbonyl (C=O) groups is 3. The molecule has 5 rings (SSSR count). The van der Waals surface area contributed by atoms with E-state index in [4.69, 9.17) is 5.11 Å². The molecule has 0 atom stereocenters. The quantitative estimate of drug-likeness (QED) is 0.464. The van der Waals surface area contributed by atoms with Gasteiger partial charge in [-0.2, -0.15) is 0 Å². The lowest BCUT2D eigenvalue weighted by Crippen LogP contribution is -2.29. The van der Waals surface area contributed by atoms with E-state index in [-0.39, 0.29) is 17.1 Å². The molecule has 0 unspecified atom stereocenters. The molecule has 7 heteroatoms. The first-order valence-electron chi connectivity index (χ1n) is 9.25. The first-order valence-corrected chi connectivity index (χ1v) is 9.25. The van der Waals surface area contributed by atoms with Crippen LogP contribution in [0.25, 0.3) is 5.57 Å². The average molecular weight is 379 g/mol. The number of ketones is 2. The lowest BCUT2D eigenvalue weighted by molar-refractivity contribution is -0.130. The third kappa shape index (κ3) is 3.69. The molecule has 3 aliphatic heterocycles. The second-order valence-electron chi connectivity index (χ2n) is 7.03. The molecule has 3 fully saturated rings. The first kappa shape index (κ1) is 18.0. The molecule has 28 heavy (non-hydrogen) atoms. The molecular formula is C21H21N3O4. The second kappa shape index (κ2) is 6.99. The Hall–Kier alpha value is -3.35. The highest BCUT2D eigenvalue weighted by atomic mass is 16.4. The zero-order valence-electron chi connectivity index (χ0n) is 15.4. The standard InChI is InChI=1S/C12H13N3O2.C9H8O2/c16-9-7-8(13-1-2-13)12(17)11(15-5-6-15)10(9)14-3-4-14;1-7(9(10)11)8-5-3-2-4-6-8/h7H,1-6H2;2-6H,1H2,(H,10,11). The Labute approximate surface area is 162 Å². The minimum atomic E-state index is -0.976. The van der Waals surface area contributed by atoms with Gasteiger partial charge < -0.3 is 19.8 Å². The van der Waals surface area contributed by atoms with Gasteiger partial charge in [0.15, 0.2) is 0 Å². The number of hydrogen-bond donors (Lipinski definition) is 1. The number of nitrogens with zero attached hydrogens (tertiary/aromatic N) is 3. The molecule has 1 N–H and O–H groups in total. The molecule has 1 aromatic rings. The fourth-order valence-corrected chi connectivity index (χ4v) is 3.04. The van der Waals surface area contributed by atoms with Gasteiger partial charge in [0.2, 0.25) is 11.6 Å². The zero-order valence-corrected chi connectivity index (χ0v) is 15.4. The first-order chi connectivity index (χ1) is 13.5. The van der Waals surface area contributed by atoms with Crippen LogP contribution in [0.15, 0.2) is 60.1 Å². The maximum atomic E-state index is 12.4. The maximum absolute atomic E-state index is 12.4. The molecule has 3 heterocycles. The van der Waals surface area contributed by atoms with E-state index in [9.17, 15) is 14.4 Å². The van der Waals surface area contributed by atoms with Crippen molar-refractivity contribution < 1.29 is 19.5 Å². The molecule has 7 nitrogen and oxygen atoms in total. The van der Waals surface area contributed by atoms with Crippen LogP contribution in [-0.2, 0) is 14.4 Å². The third-order valence-electron chi connectivity index (χ3n) is 4.87. The number of hydrogen-bond acceptors (Lipinski definition) is 6. The molecule has 0 aromatic heterocycles. The number of carboxylic acid groups (broad SMARTS) is 1. The van der Waals surface area contributed by atoms with Crippen LogP contribution in [0.2, 0.25) is 0 Å². The van der Waals surface area contributed by atoms with Gasteiger partial charge in [-0.1, -0.05) is 36.9 Å². The summed E-state index contributed by atoms with van der Waals surface area (Å²) in [6, 6.07) is 8.83. The molecule has 4 aliphatic rings. The summed E-state index contributed by atoms with van der Waals surface area (Å²) < 4.78 is 0. The van der Waals surface area contributed by atoms with Gasteiger partial charge in [-0.25, -0.2) is 4.79 Å². The average Bonchev–Trinajstić information content (AvgIpc) is 3.55. The highest BCUT2D eigenvalue weighted by Gasteiger charge is 2.43. The molecular weight excluding hydrogens is 358 g/mol. The van der Waals surface area contributed by atoms with Crippen LogP contribution >= 0.6 is 0 Å². The molecule has 0 radical (unpaired) electrons. The fraction of sp³-hybridized carbons (Fsp3) is 0.286. The summed E-state index contributed by atoms with van der Waals surface area (Å²) in [6.07, 6.45) is 1.52. The Morgan fingerprint density at radius 2 is 1.39 bits per heavy atom. The van der Waals surface area contributed by atoms with Gasteiger partial charge >= 0.3 is 5.97 Å². The summed E-state index contributed by atoms with van der Waals surface area (Å²) in [6.45, 7) is 8.83. The summed E-state index contributed by atoms with van der Waals surface area (Å²) >= 11 is 0. The highest BCUT2D eigenvalue weighted by Crippen LogP contribution is 2.33. The minimum absolute atomic E-state index is 0.00546. The summed E-state index contributed by atoms with van der Waals surface area (Å²) in [4.78, 5) is 40.9. The Bertz CT molecular complexity index is 920. The summed E-state index contributed by atoms with van der Waals surface area (Å²) in [7, 11) is 0. The Morgan fingerprint density at radius 1 is 0.857 bits per heavy atom. The van der Waals surface area contributed by atoms with Crippen molar-refractivity contribution in [1.82, 2.24) is 14.7 Å². The summed E-state index contributed by atoms with van der Waals surface area (Å²) in [5.74, 6) is -0.927. The molecule has 144 valence electrons. The van der Waals surface area contributed by atoms with E-state index in [0.29, 0.717) is 22.7 Å². The van der Waals surface area contributed by atoms with E-state index in [1.54, 1.807) is 24.3 Å². The molecule has 0 saturated carbocycles. The predicted molar refractivity (Wildman–Crippen MR) is 103 cm³/mol. The van der Waals surface area contributed by atoms with E-state index >= 15 is 0 Å². The monoisotopic (exact) mass is 379 g/mol. The van der Waals surface area contributed by atoms with Gasteiger partial charge in [-0.3, -0.25) is 9.59 Å². The van der Waals surface area contributed by atoms with Crippen molar-refractivity contribution >= 4 is 23.1 Å². The number of carbonyl (C=O) groups excluding carboxylic acids is 2. The minimum Gasteiger partial charge on any atom is -0.478 e. The number of aliphatic carboxylic acids is 1.